The third kappa shape index (κ3) is 2.15. The minimum Gasteiger partial charge on any atom is -0.497 e. The zero-order valence-electron chi connectivity index (χ0n) is 8.56. The Bertz CT molecular complexity index is 436. The van der Waals surface area contributed by atoms with Gasteiger partial charge in [0.05, 0.1) is 7.11 Å². The van der Waals surface area contributed by atoms with E-state index in [9.17, 15) is 0 Å². The molecular weight excluding hydrogens is 210 g/mol. The summed E-state index contributed by atoms with van der Waals surface area (Å²) in [6.45, 7) is 0. The molecule has 0 atom stereocenters. The number of methoxy groups -OCH3 is 1. The molecule has 4 heteroatoms. The molecule has 78 valence electrons. The highest BCUT2D eigenvalue weighted by Gasteiger charge is 2.04. The molecule has 2 aromatic rings. The van der Waals surface area contributed by atoms with E-state index in [-0.39, 0.29) is 0 Å². The summed E-state index contributed by atoms with van der Waals surface area (Å²) < 4.78 is 10.3. The Labute approximate surface area is 92.5 Å². The maximum absolute atomic E-state index is 5.25. The summed E-state index contributed by atoms with van der Waals surface area (Å²) in [7, 11) is 1.65. The van der Waals surface area contributed by atoms with Crippen molar-refractivity contribution < 1.29 is 9.15 Å². The highest BCUT2D eigenvalue weighted by Crippen LogP contribution is 2.24. The van der Waals surface area contributed by atoms with Gasteiger partial charge in [-0.25, -0.2) is 4.98 Å². The zero-order valence-corrected chi connectivity index (χ0v) is 9.38. The minimum absolute atomic E-state index is 0.681. The fraction of sp³-hybridized carbons (Fsp3) is 0.182. The lowest BCUT2D eigenvalue weighted by Gasteiger charge is -1.99. The molecule has 0 N–H and O–H groups in total. The van der Waals surface area contributed by atoms with Crippen molar-refractivity contribution in [2.24, 2.45) is 0 Å². The fourth-order valence-corrected chi connectivity index (χ4v) is 1.58. The smallest absolute Gasteiger partial charge is 0.255 e. The monoisotopic (exact) mass is 221 g/mol. The number of hydrogen-bond acceptors (Lipinski definition) is 4. The molecular formula is C11H11NO2S. The number of ether oxygens (including phenoxy) is 1. The van der Waals surface area contributed by atoms with Crippen molar-refractivity contribution in [3.63, 3.8) is 0 Å². The maximum atomic E-state index is 5.25. The summed E-state index contributed by atoms with van der Waals surface area (Å²) in [5.41, 5.74) is 1.88. The molecule has 1 heterocycles. The van der Waals surface area contributed by atoms with Crippen molar-refractivity contribution in [3.05, 3.63) is 30.5 Å². The average molecular weight is 221 g/mol. The van der Waals surface area contributed by atoms with Crippen molar-refractivity contribution in [1.29, 1.82) is 0 Å². The molecule has 0 saturated heterocycles. The van der Waals surface area contributed by atoms with Gasteiger partial charge in [0, 0.05) is 5.56 Å². The van der Waals surface area contributed by atoms with Crippen LogP contribution in [0.5, 0.6) is 5.75 Å². The summed E-state index contributed by atoms with van der Waals surface area (Å²) in [6, 6.07) is 7.73. The van der Waals surface area contributed by atoms with E-state index in [1.165, 1.54) is 11.8 Å². The molecule has 0 unspecified atom stereocenters. The van der Waals surface area contributed by atoms with E-state index in [0.717, 1.165) is 17.0 Å². The molecule has 0 spiro atoms. The van der Waals surface area contributed by atoms with E-state index in [4.69, 9.17) is 9.15 Å². The lowest BCUT2D eigenvalue weighted by molar-refractivity contribution is 0.415. The van der Waals surface area contributed by atoms with Crippen LogP contribution < -0.4 is 4.74 Å². The Hall–Kier alpha value is -1.42. The van der Waals surface area contributed by atoms with Gasteiger partial charge >= 0.3 is 0 Å². The second-order valence-corrected chi connectivity index (χ2v) is 3.69. The first kappa shape index (κ1) is 10.1. The molecule has 0 fully saturated rings. The van der Waals surface area contributed by atoms with Gasteiger partial charge in [0.15, 0.2) is 0 Å². The Morgan fingerprint density at radius 3 is 2.53 bits per heavy atom. The molecule has 0 radical (unpaired) electrons. The molecule has 0 saturated carbocycles. The van der Waals surface area contributed by atoms with E-state index in [1.54, 1.807) is 13.4 Å². The van der Waals surface area contributed by atoms with Gasteiger partial charge < -0.3 is 9.15 Å². The number of thioether (sulfide) groups is 1. The molecule has 0 aliphatic heterocycles. The molecule has 0 aliphatic carbocycles. The van der Waals surface area contributed by atoms with Gasteiger partial charge in [-0.1, -0.05) is 11.8 Å². The first-order chi connectivity index (χ1) is 7.33. The van der Waals surface area contributed by atoms with Crippen molar-refractivity contribution in [3.8, 4) is 17.0 Å². The number of rotatable bonds is 3. The number of benzene rings is 1. The third-order valence-electron chi connectivity index (χ3n) is 2.04. The van der Waals surface area contributed by atoms with Crippen LogP contribution in [0.15, 0.2) is 40.2 Å². The maximum Gasteiger partial charge on any atom is 0.255 e. The quantitative estimate of drug-likeness (QED) is 0.746. The number of nitrogens with zero attached hydrogens (tertiary/aromatic N) is 1. The van der Waals surface area contributed by atoms with Crippen LogP contribution in [0.4, 0.5) is 0 Å². The minimum atomic E-state index is 0.681. The summed E-state index contributed by atoms with van der Waals surface area (Å²) in [4.78, 5) is 4.31. The number of aromatic nitrogens is 1. The summed E-state index contributed by atoms with van der Waals surface area (Å²) >= 11 is 1.49. The zero-order chi connectivity index (χ0) is 10.7. The average Bonchev–Trinajstić information content (AvgIpc) is 2.78. The SMILES string of the molecule is COc1ccc(-c2coc(SC)n2)cc1. The summed E-state index contributed by atoms with van der Waals surface area (Å²) in [6.07, 6.45) is 3.59. The summed E-state index contributed by atoms with van der Waals surface area (Å²) in [5, 5.41) is 0.681. The van der Waals surface area contributed by atoms with Gasteiger partial charge in [0.1, 0.15) is 17.7 Å². The molecule has 2 rings (SSSR count). The van der Waals surface area contributed by atoms with Crippen molar-refractivity contribution in [2.45, 2.75) is 5.22 Å². The Morgan fingerprint density at radius 1 is 1.27 bits per heavy atom. The highest BCUT2D eigenvalue weighted by atomic mass is 32.2. The van der Waals surface area contributed by atoms with Gasteiger partial charge in [-0.2, -0.15) is 0 Å². The Morgan fingerprint density at radius 2 is 2.00 bits per heavy atom. The lowest BCUT2D eigenvalue weighted by Crippen LogP contribution is -1.82. The van der Waals surface area contributed by atoms with Crippen LogP contribution in [0.3, 0.4) is 0 Å². The van der Waals surface area contributed by atoms with Crippen molar-refractivity contribution in [1.82, 2.24) is 4.98 Å². The fourth-order valence-electron chi connectivity index (χ4n) is 1.25. The van der Waals surface area contributed by atoms with Gasteiger partial charge in [-0.05, 0) is 30.5 Å². The molecule has 1 aromatic carbocycles. The second kappa shape index (κ2) is 4.40. The summed E-state index contributed by atoms with van der Waals surface area (Å²) in [5.74, 6) is 0.840. The highest BCUT2D eigenvalue weighted by molar-refractivity contribution is 7.98. The van der Waals surface area contributed by atoms with E-state index in [2.05, 4.69) is 4.98 Å². The van der Waals surface area contributed by atoms with Gasteiger partial charge in [-0.3, -0.25) is 0 Å². The van der Waals surface area contributed by atoms with E-state index < -0.39 is 0 Å². The van der Waals surface area contributed by atoms with Gasteiger partial charge in [-0.15, -0.1) is 0 Å². The number of oxazole rings is 1. The molecule has 1 aromatic heterocycles. The predicted octanol–water partition coefficient (Wildman–Crippen LogP) is 3.07. The topological polar surface area (TPSA) is 35.3 Å². The Kier molecular flexibility index (Phi) is 2.97. The first-order valence-corrected chi connectivity index (χ1v) is 5.70. The van der Waals surface area contributed by atoms with Crippen LogP contribution in [0.25, 0.3) is 11.3 Å². The third-order valence-corrected chi connectivity index (χ3v) is 2.58. The Balaban J connectivity index is 2.28. The van der Waals surface area contributed by atoms with Crippen LogP contribution in [0.2, 0.25) is 0 Å². The van der Waals surface area contributed by atoms with Crippen molar-refractivity contribution in [2.75, 3.05) is 13.4 Å². The van der Waals surface area contributed by atoms with E-state index >= 15 is 0 Å². The van der Waals surface area contributed by atoms with Crippen molar-refractivity contribution >= 4 is 11.8 Å². The van der Waals surface area contributed by atoms with E-state index in [0.29, 0.717) is 5.22 Å². The van der Waals surface area contributed by atoms with Gasteiger partial charge in [0.2, 0.25) is 0 Å². The van der Waals surface area contributed by atoms with E-state index in [1.807, 2.05) is 30.5 Å². The predicted molar refractivity (Wildman–Crippen MR) is 60.3 cm³/mol. The molecule has 15 heavy (non-hydrogen) atoms. The number of hydrogen-bond donors (Lipinski definition) is 0. The lowest BCUT2D eigenvalue weighted by atomic mass is 10.2. The van der Waals surface area contributed by atoms with Gasteiger partial charge in [0.25, 0.3) is 5.22 Å². The molecule has 0 bridgehead atoms. The van der Waals surface area contributed by atoms with Crippen LogP contribution in [0, 0.1) is 0 Å². The molecule has 3 nitrogen and oxygen atoms in total. The molecule has 0 amide bonds. The van der Waals surface area contributed by atoms with Crippen LogP contribution in [0.1, 0.15) is 0 Å². The van der Waals surface area contributed by atoms with Crippen LogP contribution in [-0.2, 0) is 0 Å². The van der Waals surface area contributed by atoms with Crippen LogP contribution in [-0.4, -0.2) is 18.3 Å². The second-order valence-electron chi connectivity index (χ2n) is 2.93. The van der Waals surface area contributed by atoms with Crippen LogP contribution >= 0.6 is 11.8 Å². The first-order valence-electron chi connectivity index (χ1n) is 4.47. The molecule has 0 aliphatic rings. The largest absolute Gasteiger partial charge is 0.497 e. The standard InChI is InChI=1S/C11H11NO2S/c1-13-9-5-3-8(4-6-9)10-7-14-11(12-10)15-2/h3-7H,1-2H3. The normalized spacial score (nSPS) is 10.3.